The van der Waals surface area contributed by atoms with Gasteiger partial charge in [-0.3, -0.25) is 4.84 Å². The van der Waals surface area contributed by atoms with Crippen LogP contribution in [0.4, 0.5) is 4.39 Å². The maximum atomic E-state index is 12.7. The van der Waals surface area contributed by atoms with Gasteiger partial charge in [0.1, 0.15) is 11.9 Å². The molecule has 0 unspecified atom stereocenters. The van der Waals surface area contributed by atoms with Gasteiger partial charge in [-0.2, -0.15) is 5.26 Å². The molecule has 13 heavy (non-hydrogen) atoms. The summed E-state index contributed by atoms with van der Waals surface area (Å²) in [4.78, 5) is 4.34. The molecule has 2 N–H and O–H groups in total. The summed E-state index contributed by atoms with van der Waals surface area (Å²) >= 11 is 0. The van der Waals surface area contributed by atoms with E-state index in [9.17, 15) is 4.39 Å². The quantitative estimate of drug-likeness (QED) is 0.740. The third kappa shape index (κ3) is 2.99. The van der Waals surface area contributed by atoms with Crippen LogP contribution in [-0.2, 0) is 11.4 Å². The van der Waals surface area contributed by atoms with Gasteiger partial charge >= 0.3 is 0 Å². The molecule has 5 heteroatoms. The Morgan fingerprint density at radius 1 is 1.54 bits per heavy atom. The lowest BCUT2D eigenvalue weighted by Gasteiger charge is -1.99. The number of nitrogens with zero attached hydrogens (tertiary/aromatic N) is 1. The van der Waals surface area contributed by atoms with Crippen molar-refractivity contribution in [1.82, 2.24) is 0 Å². The molecule has 0 aliphatic rings. The van der Waals surface area contributed by atoms with Crippen LogP contribution in [0.2, 0.25) is 0 Å². The van der Waals surface area contributed by atoms with E-state index in [0.717, 1.165) is 0 Å². The SMILES string of the molecule is Cl.N#Cc1cc(CON)ccc1F. The summed E-state index contributed by atoms with van der Waals surface area (Å²) in [6.45, 7) is 0.176. The van der Waals surface area contributed by atoms with Crippen LogP contribution < -0.4 is 5.90 Å². The van der Waals surface area contributed by atoms with Gasteiger partial charge in [-0.15, -0.1) is 12.4 Å². The first kappa shape index (κ1) is 11.8. The van der Waals surface area contributed by atoms with E-state index in [2.05, 4.69) is 4.84 Å². The highest BCUT2D eigenvalue weighted by Gasteiger charge is 2.01. The van der Waals surface area contributed by atoms with Gasteiger partial charge in [0, 0.05) is 0 Å². The number of benzene rings is 1. The smallest absolute Gasteiger partial charge is 0.140 e. The van der Waals surface area contributed by atoms with E-state index < -0.39 is 5.82 Å². The molecule has 0 bridgehead atoms. The topological polar surface area (TPSA) is 59.0 Å². The first-order chi connectivity index (χ1) is 5.77. The number of hydrogen-bond acceptors (Lipinski definition) is 3. The van der Waals surface area contributed by atoms with Crippen molar-refractivity contribution in [1.29, 1.82) is 5.26 Å². The van der Waals surface area contributed by atoms with E-state index in [0.29, 0.717) is 5.56 Å². The van der Waals surface area contributed by atoms with E-state index in [4.69, 9.17) is 11.2 Å². The maximum absolute atomic E-state index is 12.7. The average Bonchev–Trinajstić information content (AvgIpc) is 2.09. The Labute approximate surface area is 81.3 Å². The van der Waals surface area contributed by atoms with Gasteiger partial charge in [0.25, 0.3) is 0 Å². The van der Waals surface area contributed by atoms with Crippen LogP contribution in [-0.4, -0.2) is 0 Å². The molecule has 0 radical (unpaired) electrons. The van der Waals surface area contributed by atoms with Gasteiger partial charge in [0.15, 0.2) is 0 Å². The highest BCUT2D eigenvalue weighted by molar-refractivity contribution is 5.85. The molecule has 1 aromatic carbocycles. The van der Waals surface area contributed by atoms with Crippen LogP contribution in [0.1, 0.15) is 11.1 Å². The summed E-state index contributed by atoms with van der Waals surface area (Å²) in [6.07, 6.45) is 0. The van der Waals surface area contributed by atoms with E-state index in [1.165, 1.54) is 18.2 Å². The first-order valence-corrected chi connectivity index (χ1v) is 3.28. The Bertz CT molecular complexity index is 324. The average molecular weight is 203 g/mol. The fourth-order valence-electron chi connectivity index (χ4n) is 0.844. The third-order valence-electron chi connectivity index (χ3n) is 1.40. The lowest BCUT2D eigenvalue weighted by Crippen LogP contribution is -1.99. The van der Waals surface area contributed by atoms with Gasteiger partial charge in [-0.05, 0) is 17.7 Å². The number of halogens is 2. The van der Waals surface area contributed by atoms with Crippen molar-refractivity contribution in [3.05, 3.63) is 35.1 Å². The number of nitrogens with two attached hydrogens (primary N) is 1. The highest BCUT2D eigenvalue weighted by atomic mass is 35.5. The Hall–Kier alpha value is -1.15. The van der Waals surface area contributed by atoms with Gasteiger partial charge in [0.05, 0.1) is 12.2 Å². The van der Waals surface area contributed by atoms with Crippen molar-refractivity contribution in [3.8, 4) is 6.07 Å². The Morgan fingerprint density at radius 3 is 2.77 bits per heavy atom. The second kappa shape index (κ2) is 5.49. The first-order valence-electron chi connectivity index (χ1n) is 3.28. The summed E-state index contributed by atoms with van der Waals surface area (Å²) in [5.74, 6) is 4.28. The molecule has 0 heterocycles. The van der Waals surface area contributed by atoms with Crippen LogP contribution in [0.5, 0.6) is 0 Å². The maximum Gasteiger partial charge on any atom is 0.140 e. The fourth-order valence-corrected chi connectivity index (χ4v) is 0.844. The molecule has 1 rings (SSSR count). The predicted octanol–water partition coefficient (Wildman–Crippen LogP) is 1.51. The van der Waals surface area contributed by atoms with Crippen molar-refractivity contribution in [2.75, 3.05) is 0 Å². The predicted molar refractivity (Wildman–Crippen MR) is 47.3 cm³/mol. The standard InChI is InChI=1S/C8H7FN2O.ClH/c9-8-2-1-6(5-12-11)3-7(8)4-10;/h1-3H,5,11H2;1H. The van der Waals surface area contributed by atoms with Crippen LogP contribution in [0.25, 0.3) is 0 Å². The molecule has 0 atom stereocenters. The van der Waals surface area contributed by atoms with E-state index >= 15 is 0 Å². The number of nitriles is 1. The van der Waals surface area contributed by atoms with E-state index in [1.54, 1.807) is 6.07 Å². The zero-order chi connectivity index (χ0) is 8.97. The van der Waals surface area contributed by atoms with Crippen molar-refractivity contribution >= 4 is 12.4 Å². The minimum absolute atomic E-state index is 0. The van der Waals surface area contributed by atoms with Crippen molar-refractivity contribution in [2.24, 2.45) is 5.90 Å². The molecule has 0 fully saturated rings. The molecular formula is C8H8ClFN2O. The lowest BCUT2D eigenvalue weighted by atomic mass is 10.1. The summed E-state index contributed by atoms with van der Waals surface area (Å²) in [6, 6.07) is 5.86. The molecule has 0 aliphatic carbocycles. The normalized spacial score (nSPS) is 8.69. The highest BCUT2D eigenvalue weighted by Crippen LogP contribution is 2.09. The zero-order valence-electron chi connectivity index (χ0n) is 6.66. The molecule has 0 aromatic heterocycles. The Kier molecular flexibility index (Phi) is 5.00. The molecular weight excluding hydrogens is 195 g/mol. The van der Waals surface area contributed by atoms with Crippen LogP contribution in [0, 0.1) is 17.1 Å². The zero-order valence-corrected chi connectivity index (χ0v) is 7.47. The molecule has 0 saturated carbocycles. The molecule has 0 aliphatic heterocycles. The fraction of sp³-hybridized carbons (Fsp3) is 0.125. The van der Waals surface area contributed by atoms with Crippen molar-refractivity contribution < 1.29 is 9.23 Å². The second-order valence-corrected chi connectivity index (χ2v) is 2.24. The summed E-state index contributed by atoms with van der Waals surface area (Å²) in [5.41, 5.74) is 0.681. The second-order valence-electron chi connectivity index (χ2n) is 2.24. The molecule has 0 spiro atoms. The summed E-state index contributed by atoms with van der Waals surface area (Å²) in [5, 5.41) is 8.45. The molecule has 1 aromatic rings. The summed E-state index contributed by atoms with van der Waals surface area (Å²) in [7, 11) is 0. The third-order valence-corrected chi connectivity index (χ3v) is 1.40. The minimum atomic E-state index is -0.529. The number of hydrogen-bond donors (Lipinski definition) is 1. The lowest BCUT2D eigenvalue weighted by molar-refractivity contribution is 0.124. The largest absolute Gasteiger partial charge is 0.300 e. The monoisotopic (exact) mass is 202 g/mol. The van der Waals surface area contributed by atoms with Gasteiger partial charge in [0.2, 0.25) is 0 Å². The van der Waals surface area contributed by atoms with Crippen LogP contribution in [0.3, 0.4) is 0 Å². The van der Waals surface area contributed by atoms with Crippen LogP contribution in [0.15, 0.2) is 18.2 Å². The molecule has 70 valence electrons. The van der Waals surface area contributed by atoms with Gasteiger partial charge < -0.3 is 0 Å². The Balaban J connectivity index is 0.00000144. The summed E-state index contributed by atoms with van der Waals surface area (Å²) < 4.78 is 12.7. The van der Waals surface area contributed by atoms with Crippen molar-refractivity contribution in [2.45, 2.75) is 6.61 Å². The minimum Gasteiger partial charge on any atom is -0.300 e. The van der Waals surface area contributed by atoms with Gasteiger partial charge in [-0.1, -0.05) is 6.07 Å². The molecule has 3 nitrogen and oxygen atoms in total. The van der Waals surface area contributed by atoms with Crippen LogP contribution >= 0.6 is 12.4 Å². The van der Waals surface area contributed by atoms with Crippen molar-refractivity contribution in [3.63, 3.8) is 0 Å². The molecule has 0 amide bonds. The number of rotatable bonds is 2. The van der Waals surface area contributed by atoms with E-state index in [-0.39, 0.29) is 24.6 Å². The Morgan fingerprint density at radius 2 is 2.23 bits per heavy atom. The van der Waals surface area contributed by atoms with E-state index in [1.807, 2.05) is 0 Å². The van der Waals surface area contributed by atoms with Gasteiger partial charge in [-0.25, -0.2) is 10.3 Å². The molecule has 0 saturated heterocycles.